The number of aryl methyl sites for hydroxylation is 1. The third-order valence-corrected chi connectivity index (χ3v) is 2.91. The minimum Gasteiger partial charge on any atom is -0.444 e. The van der Waals surface area contributed by atoms with Gasteiger partial charge in [0.25, 0.3) is 0 Å². The van der Waals surface area contributed by atoms with Crippen molar-refractivity contribution in [3.8, 4) is 0 Å². The molecule has 120 valence electrons. The van der Waals surface area contributed by atoms with Crippen molar-refractivity contribution in [2.75, 3.05) is 11.9 Å². The quantitative estimate of drug-likeness (QED) is 0.759. The van der Waals surface area contributed by atoms with Crippen molar-refractivity contribution in [3.63, 3.8) is 0 Å². The molecule has 21 heavy (non-hydrogen) atoms. The first-order valence-electron chi connectivity index (χ1n) is 7.55. The third kappa shape index (κ3) is 6.62. The third-order valence-electron chi connectivity index (χ3n) is 2.91. The highest BCUT2D eigenvalue weighted by atomic mass is 16.6. The molecule has 2 N–H and O–H groups in total. The molecule has 1 amide bonds. The van der Waals surface area contributed by atoms with Crippen LogP contribution >= 0.6 is 0 Å². The number of anilines is 1. The van der Waals surface area contributed by atoms with Crippen molar-refractivity contribution >= 4 is 11.9 Å². The van der Waals surface area contributed by atoms with Crippen LogP contribution in [-0.4, -0.2) is 28.0 Å². The minimum atomic E-state index is -0.513. The molecule has 0 fully saturated rings. The van der Waals surface area contributed by atoms with E-state index in [0.717, 1.165) is 18.5 Å². The number of carbonyl (C=O) groups excluding carboxylic acids is 1. The number of rotatable bonds is 7. The maximum absolute atomic E-state index is 11.9. The summed E-state index contributed by atoms with van der Waals surface area (Å²) in [7, 11) is 1.80. The van der Waals surface area contributed by atoms with Crippen molar-refractivity contribution in [2.24, 2.45) is 7.05 Å². The molecule has 1 aromatic rings. The van der Waals surface area contributed by atoms with Gasteiger partial charge in [0.1, 0.15) is 11.4 Å². The molecule has 0 saturated heterocycles. The zero-order chi connectivity index (χ0) is 15.9. The smallest absolute Gasteiger partial charge is 0.413 e. The Morgan fingerprint density at radius 2 is 2.10 bits per heavy atom. The first-order chi connectivity index (χ1) is 9.83. The van der Waals surface area contributed by atoms with E-state index in [9.17, 15) is 4.79 Å². The summed E-state index contributed by atoms with van der Waals surface area (Å²) < 4.78 is 6.91. The summed E-state index contributed by atoms with van der Waals surface area (Å²) >= 11 is 0. The predicted octanol–water partition coefficient (Wildman–Crippen LogP) is 3.05. The Balaban J connectivity index is 2.54. The maximum atomic E-state index is 11.9. The van der Waals surface area contributed by atoms with Gasteiger partial charge in [-0.25, -0.2) is 4.79 Å². The topological polar surface area (TPSA) is 68.2 Å². The molecular weight excluding hydrogens is 268 g/mol. The zero-order valence-electron chi connectivity index (χ0n) is 13.8. The first kappa shape index (κ1) is 17.5. The number of unbranched alkanes of at least 4 members (excludes halogenated alkanes) is 2. The lowest BCUT2D eigenvalue weighted by atomic mass is 10.2. The average Bonchev–Trinajstić information content (AvgIpc) is 2.69. The van der Waals surface area contributed by atoms with Gasteiger partial charge in [-0.15, -0.1) is 0 Å². The van der Waals surface area contributed by atoms with Crippen molar-refractivity contribution in [1.29, 1.82) is 0 Å². The lowest BCUT2D eigenvalue weighted by Crippen LogP contribution is -2.28. The molecule has 6 nitrogen and oxygen atoms in total. The molecule has 1 rings (SSSR count). The van der Waals surface area contributed by atoms with Gasteiger partial charge in [-0.05, 0) is 33.7 Å². The molecule has 0 bridgehead atoms. The van der Waals surface area contributed by atoms with E-state index in [2.05, 4.69) is 22.7 Å². The SMILES string of the molecule is CCCCCNCc1cnn(C)c1NC(=O)OC(C)(C)C. The molecule has 0 aliphatic carbocycles. The number of ether oxygens (including phenoxy) is 1. The molecular formula is C15H28N4O2. The summed E-state index contributed by atoms with van der Waals surface area (Å²) in [6.45, 7) is 9.35. The molecule has 0 aromatic carbocycles. The molecule has 6 heteroatoms. The van der Waals surface area contributed by atoms with Crippen LogP contribution in [0.25, 0.3) is 0 Å². The second kappa shape index (κ2) is 8.02. The highest BCUT2D eigenvalue weighted by Crippen LogP contribution is 2.16. The van der Waals surface area contributed by atoms with Crippen LogP contribution in [0, 0.1) is 0 Å². The number of amides is 1. The second-order valence-electron chi connectivity index (χ2n) is 6.15. The molecule has 1 heterocycles. The van der Waals surface area contributed by atoms with Gasteiger partial charge in [0.2, 0.25) is 0 Å². The van der Waals surface area contributed by atoms with E-state index in [1.807, 2.05) is 20.8 Å². The molecule has 0 aliphatic rings. The molecule has 0 spiro atoms. The number of hydrogen-bond acceptors (Lipinski definition) is 4. The van der Waals surface area contributed by atoms with Crippen LogP contribution < -0.4 is 10.6 Å². The number of nitrogens with zero attached hydrogens (tertiary/aromatic N) is 2. The fourth-order valence-electron chi connectivity index (χ4n) is 1.90. The van der Waals surface area contributed by atoms with Gasteiger partial charge in [0.15, 0.2) is 0 Å². The van der Waals surface area contributed by atoms with Gasteiger partial charge >= 0.3 is 6.09 Å². The normalized spacial score (nSPS) is 11.5. The van der Waals surface area contributed by atoms with E-state index in [4.69, 9.17) is 4.74 Å². The minimum absolute atomic E-state index is 0.460. The van der Waals surface area contributed by atoms with Crippen LogP contribution in [0.1, 0.15) is 52.5 Å². The second-order valence-corrected chi connectivity index (χ2v) is 6.15. The van der Waals surface area contributed by atoms with Crippen molar-refractivity contribution in [3.05, 3.63) is 11.8 Å². The fourth-order valence-corrected chi connectivity index (χ4v) is 1.90. The van der Waals surface area contributed by atoms with Gasteiger partial charge in [-0.2, -0.15) is 5.10 Å². The van der Waals surface area contributed by atoms with E-state index < -0.39 is 11.7 Å². The molecule has 0 radical (unpaired) electrons. The van der Waals surface area contributed by atoms with Crippen LogP contribution in [0.2, 0.25) is 0 Å². The number of carbonyl (C=O) groups is 1. The van der Waals surface area contributed by atoms with Crippen molar-refractivity contribution in [2.45, 2.75) is 59.1 Å². The van der Waals surface area contributed by atoms with Crippen molar-refractivity contribution < 1.29 is 9.53 Å². The standard InChI is InChI=1S/C15H28N4O2/c1-6-7-8-9-16-10-12-11-17-19(5)13(12)18-14(20)21-15(2,3)4/h11,16H,6-10H2,1-5H3,(H,18,20). The Morgan fingerprint density at radius 1 is 1.38 bits per heavy atom. The van der Waals surface area contributed by atoms with Gasteiger partial charge in [-0.3, -0.25) is 10.00 Å². The van der Waals surface area contributed by atoms with Gasteiger partial charge in [0, 0.05) is 19.2 Å². The van der Waals surface area contributed by atoms with Crippen molar-refractivity contribution in [1.82, 2.24) is 15.1 Å². The van der Waals surface area contributed by atoms with Crippen LogP contribution in [0.15, 0.2) is 6.20 Å². The summed E-state index contributed by atoms with van der Waals surface area (Å²) in [5, 5.41) is 10.3. The summed E-state index contributed by atoms with van der Waals surface area (Å²) in [6.07, 6.45) is 4.90. The van der Waals surface area contributed by atoms with Crippen LogP contribution in [0.5, 0.6) is 0 Å². The van der Waals surface area contributed by atoms with Gasteiger partial charge in [-0.1, -0.05) is 19.8 Å². The molecule has 0 atom stereocenters. The average molecular weight is 296 g/mol. The lowest BCUT2D eigenvalue weighted by Gasteiger charge is -2.20. The van der Waals surface area contributed by atoms with Gasteiger partial charge in [0.05, 0.1) is 6.20 Å². The Hall–Kier alpha value is -1.56. The number of hydrogen-bond donors (Lipinski definition) is 2. The van der Waals surface area contributed by atoms with E-state index >= 15 is 0 Å². The van der Waals surface area contributed by atoms with E-state index in [0.29, 0.717) is 12.4 Å². The molecule has 0 saturated carbocycles. The largest absolute Gasteiger partial charge is 0.444 e. The Bertz CT molecular complexity index is 449. The van der Waals surface area contributed by atoms with Crippen LogP contribution in [0.4, 0.5) is 10.6 Å². The monoisotopic (exact) mass is 296 g/mol. The fraction of sp³-hybridized carbons (Fsp3) is 0.733. The van der Waals surface area contributed by atoms with Crippen LogP contribution in [0.3, 0.4) is 0 Å². The van der Waals surface area contributed by atoms with Gasteiger partial charge < -0.3 is 10.1 Å². The summed E-state index contributed by atoms with van der Waals surface area (Å²) in [5.41, 5.74) is 0.446. The Labute approximate surface area is 127 Å². The molecule has 0 unspecified atom stereocenters. The summed E-state index contributed by atoms with van der Waals surface area (Å²) in [5.74, 6) is 0.673. The highest BCUT2D eigenvalue weighted by Gasteiger charge is 2.18. The summed E-state index contributed by atoms with van der Waals surface area (Å²) in [6, 6.07) is 0. The number of aromatic nitrogens is 2. The highest BCUT2D eigenvalue weighted by molar-refractivity contribution is 5.84. The lowest BCUT2D eigenvalue weighted by molar-refractivity contribution is 0.0634. The van der Waals surface area contributed by atoms with Crippen LogP contribution in [-0.2, 0) is 18.3 Å². The first-order valence-corrected chi connectivity index (χ1v) is 7.55. The van der Waals surface area contributed by atoms with E-state index in [1.165, 1.54) is 12.8 Å². The summed E-state index contributed by atoms with van der Waals surface area (Å²) in [4.78, 5) is 11.9. The number of nitrogens with one attached hydrogen (secondary N) is 2. The zero-order valence-corrected chi connectivity index (χ0v) is 13.8. The maximum Gasteiger partial charge on any atom is 0.413 e. The predicted molar refractivity (Wildman–Crippen MR) is 84.3 cm³/mol. The molecule has 1 aromatic heterocycles. The Kier molecular flexibility index (Phi) is 6.68. The van der Waals surface area contributed by atoms with E-state index in [1.54, 1.807) is 17.9 Å². The Morgan fingerprint density at radius 3 is 2.71 bits per heavy atom. The van der Waals surface area contributed by atoms with E-state index in [-0.39, 0.29) is 0 Å². The molecule has 0 aliphatic heterocycles.